The number of ketones is 1. The molecule has 5 fully saturated rings. The molecule has 5 N–H and O–H groups in total. The van der Waals surface area contributed by atoms with E-state index in [1.54, 1.807) is 24.3 Å². The van der Waals surface area contributed by atoms with Crippen LogP contribution < -0.4 is 47.8 Å². The summed E-state index contributed by atoms with van der Waals surface area (Å²) < 4.78 is 91.7. The number of carbonyl (C=O) groups excluding carboxylic acids is 3. The minimum atomic E-state index is -3.29. The van der Waals surface area contributed by atoms with E-state index in [1.165, 1.54) is 25.4 Å². The predicted molar refractivity (Wildman–Crippen MR) is 390 cm³/mol. The summed E-state index contributed by atoms with van der Waals surface area (Å²) >= 11 is 6.51. The third-order valence-electron chi connectivity index (χ3n) is 20.4. The van der Waals surface area contributed by atoms with Crippen LogP contribution in [-0.2, 0) is 71.6 Å². The van der Waals surface area contributed by atoms with Crippen molar-refractivity contribution < 1.29 is 69.2 Å². The maximum absolute atomic E-state index is 13.8. The quantitative estimate of drug-likeness (QED) is 0.0787. The molecule has 5 aromatic carbocycles. The molecule has 5 saturated heterocycles. The van der Waals surface area contributed by atoms with E-state index in [0.717, 1.165) is 99.4 Å². The van der Waals surface area contributed by atoms with E-state index in [1.807, 2.05) is 171 Å². The molecule has 9 heterocycles. The maximum Gasteiger partial charge on any atom is 0.494 e. The molecule has 2 amide bonds. The first-order chi connectivity index (χ1) is 46.5. The number of anilines is 3. The number of nitrogens with one attached hydrogen (secondary N) is 3. The Balaban J connectivity index is 0.000000135. The van der Waals surface area contributed by atoms with Crippen LogP contribution >= 0.6 is 11.6 Å². The van der Waals surface area contributed by atoms with Crippen LogP contribution in [0.15, 0.2) is 108 Å². The number of nitrogens with two attached hydrogens (primary N) is 1. The standard InChI is InChI=1S/C16H16ClN5O.C14H18BFO3.2C14H18BNO3.C13H20BNO4S/c17-11-7-10(1-2-13(11)22-3-5-23-6-4-22)15-14-12(8-19-15)20-9-21-16(14)18;1-9(17)11-7-6-10(8-12(11)16)15-18-13(2,3)14(4,5)19-15;1-13(2)14(3,4)19-15(18-13)10-5-6-11-9(7-10)8-16-12(11)17;1-13(2)14(3,4)19-15(18-13)10-6-5-9-8-16-12(17)11(9)7-10;1-12(2)13(3,4)19-14(18-12)10-7-6-8-11(9-10)15-20(5,16)17/h1-2,7,9H,3-6,8H2,(H2,18,20,21);6-8H,1-5H3;2*5-7H,8H2,1-4H3,(H,16,17);6-9,15H,1-5H3. The number of amides is 2. The van der Waals surface area contributed by atoms with Crippen molar-refractivity contribution >= 4 is 112 Å². The summed E-state index contributed by atoms with van der Waals surface area (Å²) in [7, 11) is -5.19. The van der Waals surface area contributed by atoms with Crippen LogP contribution in [0.25, 0.3) is 0 Å². The van der Waals surface area contributed by atoms with Crippen LogP contribution in [0.3, 0.4) is 0 Å². The second kappa shape index (κ2) is 28.3. The van der Waals surface area contributed by atoms with E-state index in [9.17, 15) is 27.2 Å². The average molecular weight is 1410 g/mol. The Labute approximate surface area is 593 Å². The number of ether oxygens (including phenoxy) is 1. The summed E-state index contributed by atoms with van der Waals surface area (Å²) in [6, 6.07) is 29.0. The van der Waals surface area contributed by atoms with Gasteiger partial charge in [0.25, 0.3) is 11.8 Å². The summed E-state index contributed by atoms with van der Waals surface area (Å²) in [5.74, 6) is -0.402. The molecule has 6 aromatic rings. The molecule has 0 atom stereocenters. The third kappa shape index (κ3) is 16.2. The first-order valence-corrected chi connectivity index (χ1v) is 35.6. The largest absolute Gasteiger partial charge is 0.494 e. The van der Waals surface area contributed by atoms with Crippen molar-refractivity contribution in [3.05, 3.63) is 159 Å². The van der Waals surface area contributed by atoms with Crippen molar-refractivity contribution in [2.75, 3.05) is 47.9 Å². The van der Waals surface area contributed by atoms with Gasteiger partial charge in [-0.2, -0.15) is 0 Å². The average Bonchev–Trinajstić information content (AvgIpc) is 1.63. The topological polar surface area (TPSA) is 272 Å². The number of carbonyl (C=O) groups is 3. The number of halogens is 2. The number of benzene rings is 5. The smallest absolute Gasteiger partial charge is 0.399 e. The lowest BCUT2D eigenvalue weighted by molar-refractivity contribution is 0.00578. The Morgan fingerprint density at radius 1 is 0.590 bits per heavy atom. The zero-order valence-electron chi connectivity index (χ0n) is 60.3. The van der Waals surface area contributed by atoms with Gasteiger partial charge in [-0.3, -0.25) is 24.1 Å². The fourth-order valence-corrected chi connectivity index (χ4v) is 12.5. The van der Waals surface area contributed by atoms with Crippen molar-refractivity contribution in [2.45, 2.75) is 182 Å². The van der Waals surface area contributed by atoms with Crippen LogP contribution in [0, 0.1) is 5.82 Å². The van der Waals surface area contributed by atoms with Crippen molar-refractivity contribution in [2.24, 2.45) is 4.99 Å². The lowest BCUT2D eigenvalue weighted by Crippen LogP contribution is -2.41. The first-order valence-electron chi connectivity index (χ1n) is 33.4. The van der Waals surface area contributed by atoms with Crippen LogP contribution in [0.4, 0.5) is 21.6 Å². The Kier molecular flexibility index (Phi) is 21.4. The van der Waals surface area contributed by atoms with E-state index in [4.69, 9.17) is 59.3 Å². The highest BCUT2D eigenvalue weighted by atomic mass is 35.5. The fourth-order valence-electron chi connectivity index (χ4n) is 11.6. The van der Waals surface area contributed by atoms with Gasteiger partial charge >= 0.3 is 28.5 Å². The van der Waals surface area contributed by atoms with Crippen molar-refractivity contribution in [1.82, 2.24) is 20.6 Å². The van der Waals surface area contributed by atoms with E-state index in [-0.39, 0.29) is 52.7 Å². The van der Waals surface area contributed by atoms with Crippen LogP contribution in [0.5, 0.6) is 0 Å². The number of Topliss-reactive ketones (excluding diaryl/α,β-unsaturated/α-hetero) is 1. The van der Waals surface area contributed by atoms with Gasteiger partial charge in [-0.25, -0.2) is 22.8 Å². The lowest BCUT2D eigenvalue weighted by atomic mass is 9.78. The Morgan fingerprint density at radius 2 is 1.06 bits per heavy atom. The molecule has 22 nitrogen and oxygen atoms in total. The number of nitrogens with zero attached hydrogens (tertiary/aromatic N) is 4. The van der Waals surface area contributed by atoms with E-state index >= 15 is 0 Å². The minimum absolute atomic E-state index is 0.00420. The lowest BCUT2D eigenvalue weighted by Gasteiger charge is -2.32. The maximum atomic E-state index is 13.8. The summed E-state index contributed by atoms with van der Waals surface area (Å²) in [6.07, 6.45) is 2.59. The number of morpholine rings is 1. The van der Waals surface area contributed by atoms with E-state index in [2.05, 4.69) is 35.2 Å². The number of nitrogen functional groups attached to an aromatic ring is 1. The highest BCUT2D eigenvalue weighted by molar-refractivity contribution is 7.92. The number of aromatic nitrogens is 2. The molecule has 0 bridgehead atoms. The summed E-state index contributed by atoms with van der Waals surface area (Å²) in [4.78, 5) is 49.5. The Bertz CT molecular complexity index is 4220. The van der Waals surface area contributed by atoms with Gasteiger partial charge in [-0.1, -0.05) is 60.1 Å². The zero-order chi connectivity index (χ0) is 73.1. The molecule has 0 radical (unpaired) electrons. The molecule has 0 unspecified atom stereocenters. The zero-order valence-corrected chi connectivity index (χ0v) is 61.9. The molecule has 29 heteroatoms. The second-order valence-electron chi connectivity index (χ2n) is 29.9. The second-order valence-corrected chi connectivity index (χ2v) is 32.0. The predicted octanol–water partition coefficient (Wildman–Crippen LogP) is 8.04. The van der Waals surface area contributed by atoms with Crippen LogP contribution in [0.2, 0.25) is 5.02 Å². The number of hydrogen-bond donors (Lipinski definition) is 4. The molecule has 0 aliphatic carbocycles. The molecule has 0 spiro atoms. The molecule has 8 aliphatic heterocycles. The Morgan fingerprint density at radius 3 is 1.56 bits per heavy atom. The molecule has 8 aliphatic rings. The number of aliphatic imine (C=N–C) groups is 1. The number of sulfonamides is 1. The van der Waals surface area contributed by atoms with Crippen molar-refractivity contribution in [3.63, 3.8) is 0 Å². The number of fused-ring (bicyclic) bond motifs is 3. The van der Waals surface area contributed by atoms with Crippen LogP contribution in [0.1, 0.15) is 177 Å². The van der Waals surface area contributed by atoms with Crippen molar-refractivity contribution in [1.29, 1.82) is 0 Å². The normalized spacial score (nSPS) is 20.9. The molecular weight excluding hydrogens is 1320 g/mol. The van der Waals surface area contributed by atoms with Gasteiger partial charge in [0.15, 0.2) is 5.78 Å². The summed E-state index contributed by atoms with van der Waals surface area (Å²) in [6.45, 7) is 38.1. The van der Waals surface area contributed by atoms with Gasteiger partial charge in [-0.05, 0) is 199 Å². The highest BCUT2D eigenvalue weighted by Crippen LogP contribution is 2.41. The third-order valence-corrected chi connectivity index (χ3v) is 21.4. The van der Waals surface area contributed by atoms with Gasteiger partial charge < -0.3 is 63.2 Å². The van der Waals surface area contributed by atoms with Gasteiger partial charge in [0.1, 0.15) is 18.0 Å². The van der Waals surface area contributed by atoms with E-state index in [0.29, 0.717) is 41.6 Å². The molecule has 0 saturated carbocycles. The minimum Gasteiger partial charge on any atom is -0.399 e. The van der Waals surface area contributed by atoms with Gasteiger partial charge in [0.2, 0.25) is 10.0 Å². The molecular formula is C71H90B4ClFN8O14S. The first kappa shape index (κ1) is 75.6. The van der Waals surface area contributed by atoms with Gasteiger partial charge in [-0.15, -0.1) is 0 Å². The number of hydrogen-bond acceptors (Lipinski definition) is 19. The van der Waals surface area contributed by atoms with E-state index < -0.39 is 59.6 Å². The van der Waals surface area contributed by atoms with Crippen LogP contribution in [-0.4, -0.2) is 148 Å². The van der Waals surface area contributed by atoms with Gasteiger partial charge in [0, 0.05) is 48.6 Å². The van der Waals surface area contributed by atoms with Gasteiger partial charge in [0.05, 0.1) is 104 Å². The highest BCUT2D eigenvalue weighted by Gasteiger charge is 2.55. The fraction of sp³-hybridized carbons (Fsp3) is 0.465. The van der Waals surface area contributed by atoms with Crippen molar-refractivity contribution in [3.8, 4) is 0 Å². The molecule has 1 aromatic heterocycles. The number of rotatable bonds is 9. The molecule has 100 heavy (non-hydrogen) atoms. The SMILES string of the molecule is CC(=O)c1ccc(B2OC(C)(C)C(C)(C)O2)cc1F.CC1(C)OB(c2ccc3c(c2)C(=O)NC3)OC1(C)C.CC1(C)OB(c2ccc3c(c2)CNC3=O)OC1(C)C.CC1(C)OB(c2cccc(NS(C)(=O)=O)c2)OC1(C)C.Nc1ncnc2c1C(c1ccc(N3CCOCC3)c(Cl)c1)=NC2. The molecule has 14 rings (SSSR count). The Hall–Kier alpha value is -7.07. The molecule has 530 valence electrons. The monoisotopic (exact) mass is 1410 g/mol. The summed E-state index contributed by atoms with van der Waals surface area (Å²) in [5.41, 5.74) is 14.6. The summed E-state index contributed by atoms with van der Waals surface area (Å²) in [5, 5.41) is 6.33.